The molecule has 0 aliphatic carbocycles. The lowest BCUT2D eigenvalue weighted by molar-refractivity contribution is -0.157. The maximum absolute atomic E-state index is 12.6. The Labute approximate surface area is 133 Å². The predicted molar refractivity (Wildman–Crippen MR) is 91.5 cm³/mol. The molecule has 0 heterocycles. The summed E-state index contributed by atoms with van der Waals surface area (Å²) in [5, 5.41) is 0. The topological polar surface area (TPSA) is 26.3 Å². The molecular weight excluding hydrogens is 260 g/mol. The van der Waals surface area contributed by atoms with Gasteiger partial charge in [0.25, 0.3) is 0 Å². The molecule has 0 fully saturated rings. The van der Waals surface area contributed by atoms with Crippen LogP contribution in [0.15, 0.2) is 0 Å². The van der Waals surface area contributed by atoms with E-state index in [4.69, 9.17) is 4.74 Å². The van der Waals surface area contributed by atoms with Gasteiger partial charge in [-0.1, -0.05) is 79.1 Å². The summed E-state index contributed by atoms with van der Waals surface area (Å²) in [5.74, 6) is 0.0771. The van der Waals surface area contributed by atoms with Crippen molar-refractivity contribution in [2.24, 2.45) is 5.41 Å². The summed E-state index contributed by atoms with van der Waals surface area (Å²) in [7, 11) is 0. The van der Waals surface area contributed by atoms with Gasteiger partial charge in [0.05, 0.1) is 12.0 Å². The normalized spacial score (nSPS) is 11.6. The molecule has 0 aromatic carbocycles. The zero-order valence-electron chi connectivity index (χ0n) is 15.0. The zero-order chi connectivity index (χ0) is 16.0. The summed E-state index contributed by atoms with van der Waals surface area (Å²) >= 11 is 0. The van der Waals surface area contributed by atoms with Crippen LogP contribution in [-0.2, 0) is 9.53 Å². The van der Waals surface area contributed by atoms with Crippen molar-refractivity contribution in [3.8, 4) is 0 Å². The van der Waals surface area contributed by atoms with Crippen LogP contribution < -0.4 is 0 Å². The fraction of sp³-hybridized carbons (Fsp3) is 0.947. The fourth-order valence-electron chi connectivity index (χ4n) is 2.92. The zero-order valence-corrected chi connectivity index (χ0v) is 15.0. The van der Waals surface area contributed by atoms with Crippen LogP contribution in [0.2, 0.25) is 0 Å². The van der Waals surface area contributed by atoms with Crippen LogP contribution in [0.5, 0.6) is 0 Å². The second-order valence-electron chi connectivity index (χ2n) is 6.39. The number of ether oxygens (including phenoxy) is 1. The molecule has 0 N–H and O–H groups in total. The van der Waals surface area contributed by atoms with Crippen molar-refractivity contribution in [2.45, 2.75) is 105 Å². The molecule has 2 nitrogen and oxygen atoms in total. The third-order valence-electron chi connectivity index (χ3n) is 4.61. The van der Waals surface area contributed by atoms with Gasteiger partial charge < -0.3 is 4.74 Å². The Balaban J connectivity index is 4.52. The second-order valence-corrected chi connectivity index (χ2v) is 6.39. The summed E-state index contributed by atoms with van der Waals surface area (Å²) in [6.07, 6.45) is 13.4. The molecule has 0 amide bonds. The summed E-state index contributed by atoms with van der Waals surface area (Å²) in [5.41, 5.74) is -0.212. The highest BCUT2D eigenvalue weighted by Crippen LogP contribution is 2.36. The number of carbonyl (C=O) groups excluding carboxylic acids is 1. The fourth-order valence-corrected chi connectivity index (χ4v) is 2.92. The van der Waals surface area contributed by atoms with Gasteiger partial charge in [-0.15, -0.1) is 0 Å². The van der Waals surface area contributed by atoms with Crippen LogP contribution in [0, 0.1) is 5.41 Å². The molecule has 0 saturated heterocycles. The smallest absolute Gasteiger partial charge is 0.312 e. The molecule has 2 heteroatoms. The van der Waals surface area contributed by atoms with E-state index in [1.165, 1.54) is 32.1 Å². The number of rotatable bonds is 14. The minimum absolute atomic E-state index is 0.0771. The van der Waals surface area contributed by atoms with E-state index in [1.54, 1.807) is 0 Å². The third kappa shape index (κ3) is 8.48. The number of hydrogen-bond donors (Lipinski definition) is 0. The Kier molecular flexibility index (Phi) is 12.8. The van der Waals surface area contributed by atoms with E-state index in [0.29, 0.717) is 6.61 Å². The van der Waals surface area contributed by atoms with Gasteiger partial charge in [0.15, 0.2) is 0 Å². The van der Waals surface area contributed by atoms with Crippen LogP contribution >= 0.6 is 0 Å². The van der Waals surface area contributed by atoms with Crippen LogP contribution in [0.4, 0.5) is 0 Å². The Morgan fingerprint density at radius 2 is 1.24 bits per heavy atom. The maximum atomic E-state index is 12.6. The molecular formula is C19H38O2. The van der Waals surface area contributed by atoms with E-state index in [-0.39, 0.29) is 11.4 Å². The van der Waals surface area contributed by atoms with Crippen molar-refractivity contribution >= 4 is 5.97 Å². The lowest BCUT2D eigenvalue weighted by Crippen LogP contribution is -2.33. The van der Waals surface area contributed by atoms with E-state index < -0.39 is 0 Å². The third-order valence-corrected chi connectivity index (χ3v) is 4.61. The summed E-state index contributed by atoms with van der Waals surface area (Å²) < 4.78 is 5.62. The molecule has 0 rings (SSSR count). The number of hydrogen-bond acceptors (Lipinski definition) is 2. The SMILES string of the molecule is CCCCCOC(=O)C(CC)(CCCCC)CCCCC. The molecule has 0 unspecified atom stereocenters. The highest BCUT2D eigenvalue weighted by atomic mass is 16.5. The van der Waals surface area contributed by atoms with Gasteiger partial charge in [-0.3, -0.25) is 4.79 Å². The molecule has 21 heavy (non-hydrogen) atoms. The largest absolute Gasteiger partial charge is 0.465 e. The number of carbonyl (C=O) groups is 1. The van der Waals surface area contributed by atoms with Gasteiger partial charge in [-0.25, -0.2) is 0 Å². The summed E-state index contributed by atoms with van der Waals surface area (Å²) in [6, 6.07) is 0. The molecule has 126 valence electrons. The highest BCUT2D eigenvalue weighted by molar-refractivity contribution is 5.76. The first-order chi connectivity index (χ1) is 10.2. The molecule has 0 spiro atoms. The minimum Gasteiger partial charge on any atom is -0.465 e. The summed E-state index contributed by atoms with van der Waals surface area (Å²) in [4.78, 5) is 12.6. The quantitative estimate of drug-likeness (QED) is 0.279. The molecule has 0 aliphatic heterocycles. The van der Waals surface area contributed by atoms with Crippen molar-refractivity contribution in [1.29, 1.82) is 0 Å². The Hall–Kier alpha value is -0.530. The van der Waals surface area contributed by atoms with Crippen molar-refractivity contribution in [2.75, 3.05) is 6.61 Å². The Morgan fingerprint density at radius 1 is 0.762 bits per heavy atom. The van der Waals surface area contributed by atoms with Gasteiger partial charge in [0.2, 0.25) is 0 Å². The standard InChI is InChI=1S/C19H38O2/c1-5-9-12-15-19(8-4,16-13-10-6-2)18(20)21-17-14-11-7-3/h5-17H2,1-4H3. The van der Waals surface area contributed by atoms with Gasteiger partial charge in [0, 0.05) is 0 Å². The summed E-state index contributed by atoms with van der Waals surface area (Å²) in [6.45, 7) is 9.37. The molecule has 0 atom stereocenters. The Bertz CT molecular complexity index is 238. The van der Waals surface area contributed by atoms with Gasteiger partial charge in [0.1, 0.15) is 0 Å². The van der Waals surface area contributed by atoms with Crippen molar-refractivity contribution in [3.05, 3.63) is 0 Å². The van der Waals surface area contributed by atoms with Gasteiger partial charge in [-0.2, -0.15) is 0 Å². The number of unbranched alkanes of at least 4 members (excludes halogenated alkanes) is 6. The lowest BCUT2D eigenvalue weighted by Gasteiger charge is -2.30. The van der Waals surface area contributed by atoms with Crippen molar-refractivity contribution < 1.29 is 9.53 Å². The van der Waals surface area contributed by atoms with E-state index in [9.17, 15) is 4.79 Å². The van der Waals surface area contributed by atoms with Crippen molar-refractivity contribution in [3.63, 3.8) is 0 Å². The van der Waals surface area contributed by atoms with Gasteiger partial charge >= 0.3 is 5.97 Å². The molecule has 0 aromatic heterocycles. The van der Waals surface area contributed by atoms with Crippen LogP contribution in [0.25, 0.3) is 0 Å². The second kappa shape index (κ2) is 13.2. The van der Waals surface area contributed by atoms with Crippen molar-refractivity contribution in [1.82, 2.24) is 0 Å². The average Bonchev–Trinajstić information content (AvgIpc) is 2.50. The molecule has 0 radical (unpaired) electrons. The average molecular weight is 299 g/mol. The molecule has 0 bridgehead atoms. The van der Waals surface area contributed by atoms with Crippen LogP contribution in [0.1, 0.15) is 105 Å². The minimum atomic E-state index is -0.212. The predicted octanol–water partition coefficient (Wildman–Crippen LogP) is 6.28. The highest BCUT2D eigenvalue weighted by Gasteiger charge is 2.36. The maximum Gasteiger partial charge on any atom is 0.312 e. The molecule has 0 saturated carbocycles. The van der Waals surface area contributed by atoms with E-state index in [1.807, 2.05) is 0 Å². The molecule has 0 aliphatic rings. The van der Waals surface area contributed by atoms with Crippen LogP contribution in [-0.4, -0.2) is 12.6 Å². The first kappa shape index (κ1) is 20.5. The van der Waals surface area contributed by atoms with Gasteiger partial charge in [-0.05, 0) is 25.7 Å². The van der Waals surface area contributed by atoms with E-state index in [2.05, 4.69) is 27.7 Å². The van der Waals surface area contributed by atoms with E-state index >= 15 is 0 Å². The first-order valence-corrected chi connectivity index (χ1v) is 9.34. The first-order valence-electron chi connectivity index (χ1n) is 9.34. The monoisotopic (exact) mass is 298 g/mol. The molecule has 0 aromatic rings. The van der Waals surface area contributed by atoms with Crippen LogP contribution in [0.3, 0.4) is 0 Å². The lowest BCUT2D eigenvalue weighted by atomic mass is 9.76. The Morgan fingerprint density at radius 3 is 1.67 bits per heavy atom. The van der Waals surface area contributed by atoms with E-state index in [0.717, 1.165) is 44.9 Å². The number of esters is 1.